The third-order valence-corrected chi connectivity index (χ3v) is 7.38. The summed E-state index contributed by atoms with van der Waals surface area (Å²) >= 11 is 0. The molecule has 3 N–H and O–H groups in total. The van der Waals surface area contributed by atoms with Gasteiger partial charge in [-0.2, -0.15) is 0 Å². The molecular formula is C28H38N5OP. The second kappa shape index (κ2) is 12.8. The number of unbranched alkanes of at least 4 members (excludes halogenated alkanes) is 1. The Morgan fingerprint density at radius 2 is 2.00 bits per heavy atom. The van der Waals surface area contributed by atoms with Crippen molar-refractivity contribution >= 4 is 32.2 Å². The van der Waals surface area contributed by atoms with Crippen molar-refractivity contribution in [2.75, 3.05) is 17.2 Å². The normalized spacial score (nSPS) is 19.3. The molecule has 1 aliphatic heterocycles. The smallest absolute Gasteiger partial charge is 0.257 e. The molecule has 0 aliphatic carbocycles. The number of aliphatic imine (C=N–C) groups is 1. The van der Waals surface area contributed by atoms with E-state index in [0.29, 0.717) is 14.1 Å². The van der Waals surface area contributed by atoms with E-state index in [9.17, 15) is 4.79 Å². The Kier molecular flexibility index (Phi) is 9.76. The van der Waals surface area contributed by atoms with Gasteiger partial charge < -0.3 is 10.6 Å². The average Bonchev–Trinajstić information content (AvgIpc) is 2.85. The molecule has 3 rings (SSSR count). The van der Waals surface area contributed by atoms with Crippen LogP contribution in [-0.4, -0.2) is 29.4 Å². The molecule has 2 aromatic rings. The fraction of sp³-hybridized carbons (Fsp3) is 0.393. The molecule has 1 aromatic carbocycles. The number of anilines is 2. The Morgan fingerprint density at radius 3 is 2.69 bits per heavy atom. The predicted octanol–water partition coefficient (Wildman–Crippen LogP) is 6.71. The first-order valence-corrected chi connectivity index (χ1v) is 13.5. The van der Waals surface area contributed by atoms with Gasteiger partial charge >= 0.3 is 0 Å². The zero-order valence-corrected chi connectivity index (χ0v) is 22.7. The number of hydrogen-bond acceptors (Lipinski definition) is 5. The van der Waals surface area contributed by atoms with Crippen molar-refractivity contribution in [3.8, 4) is 0 Å². The van der Waals surface area contributed by atoms with E-state index in [4.69, 9.17) is 4.99 Å². The lowest BCUT2D eigenvalue weighted by molar-refractivity contribution is 0.102. The van der Waals surface area contributed by atoms with Crippen LogP contribution >= 0.6 is 8.58 Å². The third-order valence-electron chi connectivity index (χ3n) is 5.98. The lowest BCUT2D eigenvalue weighted by Crippen LogP contribution is -2.31. The quantitative estimate of drug-likeness (QED) is 0.341. The summed E-state index contributed by atoms with van der Waals surface area (Å²) in [7, 11) is 0.638. The fourth-order valence-corrected chi connectivity index (χ4v) is 5.51. The van der Waals surface area contributed by atoms with E-state index in [0.717, 1.165) is 47.7 Å². The Bertz CT molecular complexity index is 1140. The molecule has 1 amide bonds. The highest BCUT2D eigenvalue weighted by Gasteiger charge is 2.20. The minimum absolute atomic E-state index is 0.110. The number of nitrogens with zero attached hydrogens (tertiary/aromatic N) is 2. The van der Waals surface area contributed by atoms with E-state index >= 15 is 0 Å². The zero-order chi connectivity index (χ0) is 25.4. The summed E-state index contributed by atoms with van der Waals surface area (Å²) in [6.45, 7) is 13.3. The van der Waals surface area contributed by atoms with Crippen LogP contribution in [0.2, 0.25) is 0 Å². The molecule has 0 saturated carbocycles. The molecule has 3 unspecified atom stereocenters. The van der Waals surface area contributed by atoms with Gasteiger partial charge in [0.1, 0.15) is 5.82 Å². The van der Waals surface area contributed by atoms with Crippen molar-refractivity contribution in [3.63, 3.8) is 0 Å². The fourth-order valence-electron chi connectivity index (χ4n) is 4.07. The van der Waals surface area contributed by atoms with Gasteiger partial charge in [-0.3, -0.25) is 15.1 Å². The Hall–Kier alpha value is -2.82. The SMILES string of the molecule is C/C=C1/N=CC(NC(C)c2cc(NC(=O)c3cnc(NCC)c(C)c3)ccc2C)P/C1=C\CCC. The van der Waals surface area contributed by atoms with E-state index in [1.165, 1.54) is 10.9 Å². The Labute approximate surface area is 211 Å². The predicted molar refractivity (Wildman–Crippen MR) is 151 cm³/mol. The standard InChI is InChI=1S/C28H38N5OP/c1-7-10-11-25-24(8-2)30-17-26(35-25)32-20(6)23-15-22(13-12-18(23)4)33-28(34)21-14-19(5)27(29-9-3)31-16-21/h8,11-17,20,26,32,35H,7,9-10H2,1-6H3,(H,29,31)(H,33,34)/b24-8+,25-11-. The summed E-state index contributed by atoms with van der Waals surface area (Å²) < 4.78 is 0. The number of amides is 1. The van der Waals surface area contributed by atoms with Crippen molar-refractivity contribution in [1.29, 1.82) is 0 Å². The third kappa shape index (κ3) is 7.09. The molecule has 6 nitrogen and oxygen atoms in total. The molecule has 1 aromatic heterocycles. The minimum Gasteiger partial charge on any atom is -0.370 e. The number of hydrogen-bond donors (Lipinski definition) is 3. The van der Waals surface area contributed by atoms with Crippen LogP contribution in [0.25, 0.3) is 0 Å². The van der Waals surface area contributed by atoms with Gasteiger partial charge in [-0.25, -0.2) is 4.98 Å². The van der Waals surface area contributed by atoms with Gasteiger partial charge in [-0.05, 0) is 81.2 Å². The van der Waals surface area contributed by atoms with Crippen molar-refractivity contribution in [1.82, 2.24) is 10.3 Å². The lowest BCUT2D eigenvalue weighted by Gasteiger charge is -2.26. The molecule has 3 atom stereocenters. The summed E-state index contributed by atoms with van der Waals surface area (Å²) in [4.78, 5) is 22.0. The van der Waals surface area contributed by atoms with E-state index in [-0.39, 0.29) is 17.7 Å². The van der Waals surface area contributed by atoms with Crippen LogP contribution in [0.1, 0.15) is 73.6 Å². The largest absolute Gasteiger partial charge is 0.370 e. The van der Waals surface area contributed by atoms with E-state index in [1.807, 2.05) is 39.1 Å². The number of carbonyl (C=O) groups excluding carboxylic acids is 1. The molecule has 0 saturated heterocycles. The van der Waals surface area contributed by atoms with Crippen molar-refractivity contribution in [2.45, 2.75) is 66.2 Å². The molecule has 0 fully saturated rings. The van der Waals surface area contributed by atoms with Gasteiger partial charge in [0.05, 0.1) is 17.0 Å². The molecule has 0 spiro atoms. The number of pyridine rings is 1. The van der Waals surface area contributed by atoms with Crippen LogP contribution < -0.4 is 16.0 Å². The lowest BCUT2D eigenvalue weighted by atomic mass is 10.0. The minimum atomic E-state index is -0.162. The van der Waals surface area contributed by atoms with Gasteiger partial charge in [-0.15, -0.1) is 0 Å². The molecule has 7 heteroatoms. The number of rotatable bonds is 9. The second-order valence-electron chi connectivity index (χ2n) is 8.81. The summed E-state index contributed by atoms with van der Waals surface area (Å²) in [5.74, 6) is 0.839. The van der Waals surface area contributed by atoms with Crippen LogP contribution in [0.3, 0.4) is 0 Å². The first-order valence-electron chi connectivity index (χ1n) is 12.4. The maximum atomic E-state index is 12.9. The van der Waals surface area contributed by atoms with Crippen molar-refractivity contribution < 1.29 is 4.79 Å². The number of allylic oxidation sites excluding steroid dienone is 3. The van der Waals surface area contributed by atoms with Crippen LogP contribution in [0.4, 0.5) is 11.5 Å². The Balaban J connectivity index is 1.72. The molecular weight excluding hydrogens is 453 g/mol. The first-order chi connectivity index (χ1) is 16.9. The van der Waals surface area contributed by atoms with Crippen molar-refractivity contribution in [2.24, 2.45) is 4.99 Å². The molecule has 1 aliphatic rings. The van der Waals surface area contributed by atoms with Gasteiger partial charge in [0.25, 0.3) is 5.91 Å². The molecule has 2 heterocycles. The van der Waals surface area contributed by atoms with E-state index < -0.39 is 0 Å². The van der Waals surface area contributed by atoms with Gasteiger partial charge in [0.2, 0.25) is 0 Å². The number of aromatic nitrogens is 1. The Morgan fingerprint density at radius 1 is 1.20 bits per heavy atom. The van der Waals surface area contributed by atoms with Crippen LogP contribution in [-0.2, 0) is 0 Å². The summed E-state index contributed by atoms with van der Waals surface area (Å²) in [5.41, 5.74) is 5.70. The van der Waals surface area contributed by atoms with Crippen LogP contribution in [0.15, 0.2) is 58.6 Å². The van der Waals surface area contributed by atoms with E-state index in [1.54, 1.807) is 6.20 Å². The summed E-state index contributed by atoms with van der Waals surface area (Å²) in [6, 6.07) is 8.05. The van der Waals surface area contributed by atoms with Gasteiger partial charge in [0, 0.05) is 30.7 Å². The van der Waals surface area contributed by atoms with Gasteiger partial charge in [0.15, 0.2) is 0 Å². The monoisotopic (exact) mass is 491 g/mol. The number of carbonyl (C=O) groups is 1. The first kappa shape index (κ1) is 26.8. The summed E-state index contributed by atoms with van der Waals surface area (Å²) in [6.07, 6.45) is 10.3. The highest BCUT2D eigenvalue weighted by atomic mass is 31.1. The molecule has 35 heavy (non-hydrogen) atoms. The number of nitrogens with one attached hydrogen (secondary N) is 3. The number of benzene rings is 1. The van der Waals surface area contributed by atoms with Crippen molar-refractivity contribution in [3.05, 3.63) is 75.9 Å². The summed E-state index contributed by atoms with van der Waals surface area (Å²) in [5, 5.41) is 11.3. The molecule has 186 valence electrons. The number of aryl methyl sites for hydroxylation is 2. The maximum absolute atomic E-state index is 12.9. The topological polar surface area (TPSA) is 78.4 Å². The van der Waals surface area contributed by atoms with Gasteiger partial charge in [-0.1, -0.05) is 40.1 Å². The average molecular weight is 492 g/mol. The highest BCUT2D eigenvalue weighted by molar-refractivity contribution is 7.45. The second-order valence-corrected chi connectivity index (χ2v) is 10.3. The highest BCUT2D eigenvalue weighted by Crippen LogP contribution is 2.39. The molecule has 0 bridgehead atoms. The maximum Gasteiger partial charge on any atom is 0.257 e. The van der Waals surface area contributed by atoms with Crippen LogP contribution in [0, 0.1) is 13.8 Å². The van der Waals surface area contributed by atoms with Crippen LogP contribution in [0.5, 0.6) is 0 Å². The molecule has 0 radical (unpaired) electrons. The zero-order valence-electron chi connectivity index (χ0n) is 21.7. The van der Waals surface area contributed by atoms with E-state index in [2.05, 4.69) is 66.0 Å².